The minimum Gasteiger partial charge on any atom is -0.493 e. The zero-order valence-electron chi connectivity index (χ0n) is 15.5. The summed E-state index contributed by atoms with van der Waals surface area (Å²) < 4.78 is 27.3. The summed E-state index contributed by atoms with van der Waals surface area (Å²) in [5.74, 6) is 1.40. The second kappa shape index (κ2) is 9.10. The van der Waals surface area contributed by atoms with Crippen LogP contribution in [0.2, 0.25) is 0 Å². The van der Waals surface area contributed by atoms with Gasteiger partial charge in [0.05, 0.1) is 20.8 Å². The zero-order valence-corrected chi connectivity index (χ0v) is 15.5. The number of ether oxygens (including phenoxy) is 5. The van der Waals surface area contributed by atoms with Crippen molar-refractivity contribution in [3.63, 3.8) is 0 Å². The van der Waals surface area contributed by atoms with E-state index >= 15 is 0 Å². The molecule has 0 aliphatic heterocycles. The Labute approximate surface area is 153 Å². The summed E-state index contributed by atoms with van der Waals surface area (Å²) >= 11 is 0. The molecule has 2 aromatic rings. The number of fused-ring (bicyclic) bond motifs is 1. The second-order valence-corrected chi connectivity index (χ2v) is 5.63. The van der Waals surface area contributed by atoms with Crippen LogP contribution in [0.1, 0.15) is 13.8 Å². The van der Waals surface area contributed by atoms with Crippen molar-refractivity contribution in [3.8, 4) is 17.2 Å². The normalized spacial score (nSPS) is 11.7. The van der Waals surface area contributed by atoms with Crippen LogP contribution in [-0.4, -0.2) is 39.7 Å². The van der Waals surface area contributed by atoms with Gasteiger partial charge in [0.15, 0.2) is 17.8 Å². The Balaban J connectivity index is 2.08. The van der Waals surface area contributed by atoms with E-state index in [0.717, 1.165) is 10.8 Å². The van der Waals surface area contributed by atoms with E-state index in [4.69, 9.17) is 23.7 Å². The largest absolute Gasteiger partial charge is 0.493 e. The highest BCUT2D eigenvalue weighted by Crippen LogP contribution is 2.41. The van der Waals surface area contributed by atoms with E-state index in [1.54, 1.807) is 34.1 Å². The average Bonchev–Trinajstić information content (AvgIpc) is 2.64. The Morgan fingerprint density at radius 3 is 2.38 bits per heavy atom. The van der Waals surface area contributed by atoms with Crippen molar-refractivity contribution in [3.05, 3.63) is 42.5 Å². The lowest BCUT2D eigenvalue weighted by Crippen LogP contribution is -2.20. The molecule has 0 N–H and O–H groups in total. The molecule has 0 aromatic heterocycles. The summed E-state index contributed by atoms with van der Waals surface area (Å²) in [6.07, 6.45) is -0.542. The average molecular weight is 360 g/mol. The molecule has 0 aliphatic rings. The fourth-order valence-electron chi connectivity index (χ4n) is 2.44. The molecular weight excluding hydrogens is 336 g/mol. The first-order valence-electron chi connectivity index (χ1n) is 8.22. The van der Waals surface area contributed by atoms with Crippen LogP contribution < -0.4 is 14.2 Å². The lowest BCUT2D eigenvalue weighted by Gasteiger charge is -2.19. The summed E-state index contributed by atoms with van der Waals surface area (Å²) in [7, 11) is 3.18. The van der Waals surface area contributed by atoms with Crippen LogP contribution in [0.15, 0.2) is 42.5 Å². The number of hydrogen-bond donors (Lipinski definition) is 0. The molecule has 0 radical (unpaired) electrons. The van der Waals surface area contributed by atoms with Crippen molar-refractivity contribution < 1.29 is 28.5 Å². The van der Waals surface area contributed by atoms with E-state index in [9.17, 15) is 4.79 Å². The smallest absolute Gasteiger partial charge is 0.333 e. The van der Waals surface area contributed by atoms with Gasteiger partial charge in [-0.25, -0.2) is 4.79 Å². The molecule has 2 rings (SSSR count). The van der Waals surface area contributed by atoms with Gasteiger partial charge in [-0.2, -0.15) is 0 Å². The summed E-state index contributed by atoms with van der Waals surface area (Å²) in [6, 6.07) is 9.48. The molecule has 0 spiro atoms. The van der Waals surface area contributed by atoms with Gasteiger partial charge in [-0.15, -0.1) is 0 Å². The van der Waals surface area contributed by atoms with Gasteiger partial charge in [0.25, 0.3) is 0 Å². The number of hydrogen-bond acceptors (Lipinski definition) is 6. The highest BCUT2D eigenvalue weighted by molar-refractivity contribution is 5.95. The maximum Gasteiger partial charge on any atom is 0.333 e. The Morgan fingerprint density at radius 1 is 1.08 bits per heavy atom. The van der Waals surface area contributed by atoms with Gasteiger partial charge < -0.3 is 23.7 Å². The maximum absolute atomic E-state index is 11.3. The summed E-state index contributed by atoms with van der Waals surface area (Å²) in [5.41, 5.74) is 0.353. The predicted octanol–water partition coefficient (Wildman–Crippen LogP) is 3.72. The molecule has 2 aromatic carbocycles. The lowest BCUT2D eigenvalue weighted by molar-refractivity contribution is -0.143. The van der Waals surface area contributed by atoms with Gasteiger partial charge in [0.2, 0.25) is 0 Å². The van der Waals surface area contributed by atoms with Gasteiger partial charge in [0, 0.05) is 22.4 Å². The molecule has 0 saturated heterocycles. The minimum atomic E-state index is -0.542. The SMILES string of the molecule is C=C(C)C(=O)OCCOC(C)Oc1cc(OC)c(OC)c2ccccc12. The molecule has 1 unspecified atom stereocenters. The van der Waals surface area contributed by atoms with Crippen LogP contribution >= 0.6 is 0 Å². The molecule has 0 fully saturated rings. The molecule has 0 bridgehead atoms. The summed E-state index contributed by atoms with van der Waals surface area (Å²) in [4.78, 5) is 11.3. The molecule has 140 valence electrons. The number of rotatable bonds is 9. The molecule has 0 saturated carbocycles. The molecular formula is C20H24O6. The van der Waals surface area contributed by atoms with Crippen molar-refractivity contribution in [1.82, 2.24) is 0 Å². The van der Waals surface area contributed by atoms with Gasteiger partial charge in [0.1, 0.15) is 12.4 Å². The molecule has 6 nitrogen and oxygen atoms in total. The van der Waals surface area contributed by atoms with Crippen molar-refractivity contribution in [1.29, 1.82) is 0 Å². The molecule has 0 amide bonds. The third kappa shape index (κ3) is 4.67. The van der Waals surface area contributed by atoms with Crippen LogP contribution in [-0.2, 0) is 14.3 Å². The number of methoxy groups -OCH3 is 2. The molecule has 6 heteroatoms. The number of carbonyl (C=O) groups excluding carboxylic acids is 1. The van der Waals surface area contributed by atoms with E-state index in [0.29, 0.717) is 22.8 Å². The third-order valence-corrected chi connectivity index (χ3v) is 3.66. The van der Waals surface area contributed by atoms with Crippen molar-refractivity contribution in [2.45, 2.75) is 20.1 Å². The van der Waals surface area contributed by atoms with E-state index in [-0.39, 0.29) is 13.2 Å². The molecule has 1 atom stereocenters. The standard InChI is InChI=1S/C20H24O6/c1-13(2)20(21)25-11-10-24-14(3)26-17-12-18(22-4)19(23-5)16-9-7-6-8-15(16)17/h6-9,12,14H,1,10-11H2,2-5H3. The number of carbonyl (C=O) groups is 1. The summed E-state index contributed by atoms with van der Waals surface area (Å²) in [6.45, 7) is 7.23. The van der Waals surface area contributed by atoms with Crippen LogP contribution in [0.4, 0.5) is 0 Å². The van der Waals surface area contributed by atoms with Gasteiger partial charge in [-0.05, 0) is 13.8 Å². The van der Waals surface area contributed by atoms with E-state index in [1.807, 2.05) is 24.3 Å². The summed E-state index contributed by atoms with van der Waals surface area (Å²) in [5, 5.41) is 1.77. The van der Waals surface area contributed by atoms with E-state index in [1.165, 1.54) is 0 Å². The quantitative estimate of drug-likeness (QED) is 0.294. The molecule has 0 aliphatic carbocycles. The van der Waals surface area contributed by atoms with Crippen LogP contribution in [0, 0.1) is 0 Å². The van der Waals surface area contributed by atoms with Gasteiger partial charge in [-0.3, -0.25) is 0 Å². The van der Waals surface area contributed by atoms with Crippen LogP contribution in [0.25, 0.3) is 10.8 Å². The van der Waals surface area contributed by atoms with Crippen molar-refractivity contribution in [2.75, 3.05) is 27.4 Å². The fourth-order valence-corrected chi connectivity index (χ4v) is 2.44. The monoisotopic (exact) mass is 360 g/mol. The molecule has 26 heavy (non-hydrogen) atoms. The van der Waals surface area contributed by atoms with E-state index < -0.39 is 12.3 Å². The Bertz CT molecular complexity index is 783. The topological polar surface area (TPSA) is 63.2 Å². The first kappa shape index (κ1) is 19.6. The minimum absolute atomic E-state index is 0.131. The molecule has 0 heterocycles. The first-order chi connectivity index (χ1) is 12.5. The number of benzene rings is 2. The van der Waals surface area contributed by atoms with Crippen molar-refractivity contribution in [2.24, 2.45) is 0 Å². The maximum atomic E-state index is 11.3. The fraction of sp³-hybridized carbons (Fsp3) is 0.350. The third-order valence-electron chi connectivity index (χ3n) is 3.66. The highest BCUT2D eigenvalue weighted by atomic mass is 16.7. The second-order valence-electron chi connectivity index (χ2n) is 5.63. The lowest BCUT2D eigenvalue weighted by atomic mass is 10.1. The number of esters is 1. The Hall–Kier alpha value is -2.73. The zero-order chi connectivity index (χ0) is 19.1. The van der Waals surface area contributed by atoms with Crippen LogP contribution in [0.5, 0.6) is 17.2 Å². The van der Waals surface area contributed by atoms with Gasteiger partial charge >= 0.3 is 5.97 Å². The van der Waals surface area contributed by atoms with E-state index in [2.05, 4.69) is 6.58 Å². The van der Waals surface area contributed by atoms with Gasteiger partial charge in [-0.1, -0.05) is 30.8 Å². The Kier molecular flexibility index (Phi) is 6.86. The van der Waals surface area contributed by atoms with Crippen LogP contribution in [0.3, 0.4) is 0 Å². The predicted molar refractivity (Wildman–Crippen MR) is 98.9 cm³/mol. The highest BCUT2D eigenvalue weighted by Gasteiger charge is 2.16. The van der Waals surface area contributed by atoms with Crippen molar-refractivity contribution >= 4 is 16.7 Å². The first-order valence-corrected chi connectivity index (χ1v) is 8.22. The Morgan fingerprint density at radius 2 is 1.77 bits per heavy atom.